The third kappa shape index (κ3) is 3.15. The monoisotopic (exact) mass is 262 g/mol. The van der Waals surface area contributed by atoms with Crippen LogP contribution in [0.4, 0.5) is 5.00 Å². The van der Waals surface area contributed by atoms with Gasteiger partial charge in [-0.05, 0) is 24.1 Å². The second-order valence-corrected chi connectivity index (χ2v) is 5.17. The van der Waals surface area contributed by atoms with Crippen molar-refractivity contribution in [1.29, 1.82) is 0 Å². The molecule has 0 saturated carbocycles. The maximum absolute atomic E-state index is 10.5. The van der Waals surface area contributed by atoms with E-state index in [4.69, 9.17) is 0 Å². The summed E-state index contributed by atoms with van der Waals surface area (Å²) in [4.78, 5) is 11.2. The van der Waals surface area contributed by atoms with Gasteiger partial charge in [0.25, 0.3) is 0 Å². The number of benzene rings is 1. The fourth-order valence-corrected chi connectivity index (χ4v) is 2.48. The maximum atomic E-state index is 10.5. The molecule has 0 aliphatic rings. The number of thiophene rings is 1. The zero-order valence-corrected chi connectivity index (χ0v) is 10.9. The van der Waals surface area contributed by atoms with E-state index in [1.54, 1.807) is 12.1 Å². The van der Waals surface area contributed by atoms with Crippen molar-refractivity contribution in [2.45, 2.75) is 20.0 Å². The maximum Gasteiger partial charge on any atom is 0.324 e. The normalized spacial score (nSPS) is 10.5. The van der Waals surface area contributed by atoms with Crippen LogP contribution in [-0.4, -0.2) is 4.92 Å². The Morgan fingerprint density at radius 2 is 2.00 bits per heavy atom. The molecule has 0 amide bonds. The minimum absolute atomic E-state index is 0.197. The lowest BCUT2D eigenvalue weighted by Crippen LogP contribution is -2.12. The Kier molecular flexibility index (Phi) is 4.07. The van der Waals surface area contributed by atoms with Crippen molar-refractivity contribution in [3.8, 4) is 0 Å². The molecule has 0 fully saturated rings. The molecule has 0 radical (unpaired) electrons. The molecule has 94 valence electrons. The smallest absolute Gasteiger partial charge is 0.308 e. The summed E-state index contributed by atoms with van der Waals surface area (Å²) in [5.74, 6) is 0. The Balaban J connectivity index is 1.88. The summed E-state index contributed by atoms with van der Waals surface area (Å²) >= 11 is 1.22. The molecule has 0 atom stereocenters. The Labute approximate surface area is 109 Å². The van der Waals surface area contributed by atoms with Gasteiger partial charge >= 0.3 is 5.00 Å². The van der Waals surface area contributed by atoms with E-state index in [2.05, 4.69) is 24.4 Å². The van der Waals surface area contributed by atoms with Crippen molar-refractivity contribution in [3.05, 3.63) is 62.5 Å². The fourth-order valence-electron chi connectivity index (χ4n) is 1.69. The average Bonchev–Trinajstić information content (AvgIpc) is 2.80. The number of nitrogens with one attached hydrogen (secondary N) is 1. The van der Waals surface area contributed by atoms with E-state index >= 15 is 0 Å². The number of nitrogens with zero attached hydrogens (tertiary/aromatic N) is 1. The van der Waals surface area contributed by atoms with Gasteiger partial charge in [-0.1, -0.05) is 35.6 Å². The molecule has 0 saturated heterocycles. The van der Waals surface area contributed by atoms with Gasteiger partial charge in [0.1, 0.15) is 0 Å². The second-order valence-electron chi connectivity index (χ2n) is 4.03. The Bertz CT molecular complexity index is 551. The minimum Gasteiger partial charge on any atom is -0.308 e. The summed E-state index contributed by atoms with van der Waals surface area (Å²) in [6.07, 6.45) is 0. The lowest BCUT2D eigenvalue weighted by Gasteiger charge is -2.06. The number of aryl methyl sites for hydroxylation is 1. The van der Waals surface area contributed by atoms with E-state index in [9.17, 15) is 10.1 Å². The van der Waals surface area contributed by atoms with Crippen molar-refractivity contribution in [1.82, 2.24) is 5.32 Å². The highest BCUT2D eigenvalue weighted by molar-refractivity contribution is 7.15. The van der Waals surface area contributed by atoms with Crippen LogP contribution in [0.5, 0.6) is 0 Å². The summed E-state index contributed by atoms with van der Waals surface area (Å²) in [7, 11) is 0. The van der Waals surface area contributed by atoms with Crippen LogP contribution < -0.4 is 5.32 Å². The largest absolute Gasteiger partial charge is 0.324 e. The molecule has 5 heteroatoms. The first-order chi connectivity index (χ1) is 8.66. The molecule has 1 N–H and O–H groups in total. The molecule has 1 aromatic carbocycles. The van der Waals surface area contributed by atoms with Crippen molar-refractivity contribution in [2.75, 3.05) is 0 Å². The zero-order valence-electron chi connectivity index (χ0n) is 10.1. The molecule has 18 heavy (non-hydrogen) atoms. The van der Waals surface area contributed by atoms with E-state index in [1.807, 2.05) is 12.1 Å². The van der Waals surface area contributed by atoms with Crippen LogP contribution in [0.1, 0.15) is 16.0 Å². The highest BCUT2D eigenvalue weighted by atomic mass is 32.1. The summed E-state index contributed by atoms with van der Waals surface area (Å²) in [6, 6.07) is 11.5. The molecule has 2 rings (SSSR count). The average molecular weight is 262 g/mol. The van der Waals surface area contributed by atoms with Gasteiger partial charge in [0, 0.05) is 24.0 Å². The van der Waals surface area contributed by atoms with Gasteiger partial charge in [-0.2, -0.15) is 0 Å². The number of hydrogen-bond donors (Lipinski definition) is 1. The Morgan fingerprint density at radius 3 is 2.67 bits per heavy atom. The molecule has 0 aliphatic carbocycles. The van der Waals surface area contributed by atoms with Gasteiger partial charge in [0.2, 0.25) is 0 Å². The first-order valence-electron chi connectivity index (χ1n) is 5.65. The predicted octanol–water partition coefficient (Wildman–Crippen LogP) is 3.25. The van der Waals surface area contributed by atoms with Crippen LogP contribution in [0.3, 0.4) is 0 Å². The van der Waals surface area contributed by atoms with Gasteiger partial charge in [-0.25, -0.2) is 0 Å². The van der Waals surface area contributed by atoms with Crippen LogP contribution in [0.15, 0.2) is 36.4 Å². The van der Waals surface area contributed by atoms with E-state index < -0.39 is 0 Å². The van der Waals surface area contributed by atoms with Crippen LogP contribution in [-0.2, 0) is 13.1 Å². The highest BCUT2D eigenvalue weighted by Crippen LogP contribution is 2.23. The molecule has 1 aromatic heterocycles. The highest BCUT2D eigenvalue weighted by Gasteiger charge is 2.09. The number of rotatable bonds is 5. The molecular weight excluding hydrogens is 248 g/mol. The SMILES string of the molecule is Cc1ccccc1CNCc1ccc([N+](=O)[O-])s1. The first kappa shape index (κ1) is 12.7. The van der Waals surface area contributed by atoms with Crippen molar-refractivity contribution < 1.29 is 4.92 Å². The lowest BCUT2D eigenvalue weighted by molar-refractivity contribution is -0.380. The third-order valence-corrected chi connectivity index (χ3v) is 3.74. The topological polar surface area (TPSA) is 55.2 Å². The Morgan fingerprint density at radius 1 is 1.22 bits per heavy atom. The summed E-state index contributed by atoms with van der Waals surface area (Å²) < 4.78 is 0. The molecule has 0 unspecified atom stereocenters. The van der Waals surface area contributed by atoms with Crippen molar-refractivity contribution in [3.63, 3.8) is 0 Å². The summed E-state index contributed by atoms with van der Waals surface area (Å²) in [5, 5.41) is 14.0. The lowest BCUT2D eigenvalue weighted by atomic mass is 10.1. The number of nitro groups is 1. The molecule has 0 aliphatic heterocycles. The zero-order chi connectivity index (χ0) is 13.0. The van der Waals surface area contributed by atoms with Gasteiger partial charge in [-0.15, -0.1) is 0 Å². The Hall–Kier alpha value is -1.72. The van der Waals surface area contributed by atoms with Crippen molar-refractivity contribution >= 4 is 16.3 Å². The van der Waals surface area contributed by atoms with Gasteiger partial charge in [0.05, 0.1) is 4.92 Å². The standard InChI is InChI=1S/C13H14N2O2S/c1-10-4-2-3-5-11(10)8-14-9-12-6-7-13(18-12)15(16)17/h2-7,14H,8-9H2,1H3. The van der Waals surface area contributed by atoms with E-state index in [-0.39, 0.29) is 9.92 Å². The third-order valence-electron chi connectivity index (χ3n) is 2.70. The van der Waals surface area contributed by atoms with Crippen LogP contribution in [0, 0.1) is 17.0 Å². The number of hydrogen-bond acceptors (Lipinski definition) is 4. The molecular formula is C13H14N2O2S. The summed E-state index contributed by atoms with van der Waals surface area (Å²) in [6.45, 7) is 3.51. The van der Waals surface area contributed by atoms with Gasteiger partial charge in [-0.3, -0.25) is 10.1 Å². The van der Waals surface area contributed by atoms with Crippen LogP contribution in [0.2, 0.25) is 0 Å². The molecule has 0 spiro atoms. The van der Waals surface area contributed by atoms with Crippen molar-refractivity contribution in [2.24, 2.45) is 0 Å². The van der Waals surface area contributed by atoms with E-state index in [1.165, 1.54) is 22.5 Å². The molecule has 0 bridgehead atoms. The van der Waals surface area contributed by atoms with E-state index in [0.717, 1.165) is 11.4 Å². The second kappa shape index (κ2) is 5.75. The first-order valence-corrected chi connectivity index (χ1v) is 6.47. The predicted molar refractivity (Wildman–Crippen MR) is 72.7 cm³/mol. The molecule has 2 aromatic rings. The molecule has 1 heterocycles. The summed E-state index contributed by atoms with van der Waals surface area (Å²) in [5.41, 5.74) is 2.51. The quantitative estimate of drug-likeness (QED) is 0.664. The molecule has 4 nitrogen and oxygen atoms in total. The van der Waals surface area contributed by atoms with Gasteiger partial charge < -0.3 is 5.32 Å². The minimum atomic E-state index is -0.352. The van der Waals surface area contributed by atoms with Crippen LogP contribution >= 0.6 is 11.3 Å². The van der Waals surface area contributed by atoms with Crippen LogP contribution in [0.25, 0.3) is 0 Å². The van der Waals surface area contributed by atoms with E-state index in [0.29, 0.717) is 6.54 Å². The van der Waals surface area contributed by atoms with Gasteiger partial charge in [0.15, 0.2) is 0 Å². The fraction of sp³-hybridized carbons (Fsp3) is 0.231.